The lowest BCUT2D eigenvalue weighted by molar-refractivity contribution is -0.111. The van der Waals surface area contributed by atoms with Crippen LogP contribution in [0.1, 0.15) is 17.5 Å². The fourth-order valence-electron chi connectivity index (χ4n) is 2.33. The zero-order valence-corrected chi connectivity index (χ0v) is 13.0. The van der Waals surface area contributed by atoms with Crippen molar-refractivity contribution in [3.8, 4) is 17.6 Å². The van der Waals surface area contributed by atoms with Crippen molar-refractivity contribution in [3.63, 3.8) is 0 Å². The van der Waals surface area contributed by atoms with Crippen LogP contribution in [0.15, 0.2) is 48.5 Å². The van der Waals surface area contributed by atoms with E-state index in [2.05, 4.69) is 11.4 Å². The summed E-state index contributed by atoms with van der Waals surface area (Å²) in [5, 5.41) is 11.8. The molecule has 1 N–H and O–H groups in total. The fraction of sp³-hybridized carbons (Fsp3) is 0.158. The summed E-state index contributed by atoms with van der Waals surface area (Å²) in [6.07, 6.45) is 3.85. The van der Waals surface area contributed by atoms with Crippen LogP contribution >= 0.6 is 0 Å². The van der Waals surface area contributed by atoms with E-state index in [-0.39, 0.29) is 5.91 Å². The Balaban J connectivity index is 1.70. The average molecular weight is 320 g/mol. The van der Waals surface area contributed by atoms with Crippen LogP contribution in [0.2, 0.25) is 0 Å². The maximum Gasteiger partial charge on any atom is 0.248 e. The molecule has 5 heteroatoms. The van der Waals surface area contributed by atoms with E-state index >= 15 is 0 Å². The fourth-order valence-corrected chi connectivity index (χ4v) is 2.33. The van der Waals surface area contributed by atoms with Gasteiger partial charge in [0, 0.05) is 24.3 Å². The molecular formula is C19H16N2O3. The van der Waals surface area contributed by atoms with Gasteiger partial charge in [0.25, 0.3) is 0 Å². The van der Waals surface area contributed by atoms with Crippen molar-refractivity contribution < 1.29 is 14.3 Å². The van der Waals surface area contributed by atoms with Gasteiger partial charge in [0.1, 0.15) is 0 Å². The van der Waals surface area contributed by atoms with Crippen molar-refractivity contribution in [1.29, 1.82) is 5.26 Å². The topological polar surface area (TPSA) is 71.4 Å². The second-order valence-electron chi connectivity index (χ2n) is 5.23. The molecule has 0 fully saturated rings. The Hall–Kier alpha value is -3.26. The predicted molar refractivity (Wildman–Crippen MR) is 90.9 cm³/mol. The number of fused-ring (bicyclic) bond motifs is 1. The molecule has 0 spiro atoms. The summed E-state index contributed by atoms with van der Waals surface area (Å²) in [7, 11) is 0. The number of nitriles is 1. The van der Waals surface area contributed by atoms with Gasteiger partial charge in [-0.2, -0.15) is 5.26 Å². The number of anilines is 1. The largest absolute Gasteiger partial charge is 0.490 e. The highest BCUT2D eigenvalue weighted by Crippen LogP contribution is 2.32. The van der Waals surface area contributed by atoms with Crippen LogP contribution in [0.4, 0.5) is 5.69 Å². The van der Waals surface area contributed by atoms with Gasteiger partial charge in [-0.1, -0.05) is 18.2 Å². The molecule has 2 aromatic carbocycles. The first kappa shape index (κ1) is 15.6. The van der Waals surface area contributed by atoms with E-state index in [0.29, 0.717) is 41.5 Å². The summed E-state index contributed by atoms with van der Waals surface area (Å²) in [5.41, 5.74) is 1.86. The quantitative estimate of drug-likeness (QED) is 0.880. The zero-order chi connectivity index (χ0) is 16.8. The molecule has 24 heavy (non-hydrogen) atoms. The summed E-state index contributed by atoms with van der Waals surface area (Å²) in [5.74, 6) is 1.03. The molecule has 0 aliphatic carbocycles. The molecule has 1 aliphatic rings. The monoisotopic (exact) mass is 320 g/mol. The van der Waals surface area contributed by atoms with Gasteiger partial charge in [0.2, 0.25) is 5.91 Å². The van der Waals surface area contributed by atoms with Crippen LogP contribution < -0.4 is 14.8 Å². The first-order chi connectivity index (χ1) is 11.8. The Kier molecular flexibility index (Phi) is 4.78. The predicted octanol–water partition coefficient (Wildman–Crippen LogP) is 3.37. The number of amides is 1. The Bertz CT molecular complexity index is 822. The molecule has 120 valence electrons. The highest BCUT2D eigenvalue weighted by atomic mass is 16.5. The van der Waals surface area contributed by atoms with Gasteiger partial charge in [-0.15, -0.1) is 0 Å². The minimum Gasteiger partial charge on any atom is -0.490 e. The third-order valence-electron chi connectivity index (χ3n) is 3.51. The normalized spacial score (nSPS) is 13.1. The Morgan fingerprint density at radius 1 is 1.12 bits per heavy atom. The number of nitrogens with one attached hydrogen (secondary N) is 1. The van der Waals surface area contributed by atoms with Gasteiger partial charge in [0.05, 0.1) is 24.8 Å². The number of ether oxygens (including phenoxy) is 2. The molecule has 0 saturated carbocycles. The van der Waals surface area contributed by atoms with E-state index in [4.69, 9.17) is 14.7 Å². The van der Waals surface area contributed by atoms with Gasteiger partial charge >= 0.3 is 0 Å². The van der Waals surface area contributed by atoms with E-state index in [1.807, 2.05) is 6.07 Å². The summed E-state index contributed by atoms with van der Waals surface area (Å²) in [6, 6.07) is 14.5. The molecule has 2 aromatic rings. The highest BCUT2D eigenvalue weighted by molar-refractivity contribution is 6.02. The van der Waals surface area contributed by atoms with Crippen LogP contribution in [0.25, 0.3) is 6.08 Å². The summed E-state index contributed by atoms with van der Waals surface area (Å²) >= 11 is 0. The minimum absolute atomic E-state index is 0.280. The molecule has 3 rings (SSSR count). The zero-order valence-electron chi connectivity index (χ0n) is 13.0. The summed E-state index contributed by atoms with van der Waals surface area (Å²) in [4.78, 5) is 12.1. The molecule has 0 radical (unpaired) electrons. The van der Waals surface area contributed by atoms with Crippen molar-refractivity contribution in [2.75, 3.05) is 18.5 Å². The Labute approximate surface area is 140 Å². The molecule has 0 unspecified atom stereocenters. The SMILES string of the molecule is N#Cc1ccccc1/C=C/C(=O)Nc1ccc2c(c1)OCCCO2. The third-order valence-corrected chi connectivity index (χ3v) is 3.51. The van der Waals surface area contributed by atoms with Gasteiger partial charge < -0.3 is 14.8 Å². The highest BCUT2D eigenvalue weighted by Gasteiger charge is 2.11. The number of nitrogens with zero attached hydrogens (tertiary/aromatic N) is 1. The Morgan fingerprint density at radius 2 is 1.92 bits per heavy atom. The third kappa shape index (κ3) is 3.73. The number of carbonyl (C=O) groups is 1. The lowest BCUT2D eigenvalue weighted by Gasteiger charge is -2.09. The van der Waals surface area contributed by atoms with Crippen LogP contribution in [0.3, 0.4) is 0 Å². The van der Waals surface area contributed by atoms with Crippen LogP contribution in [0.5, 0.6) is 11.5 Å². The summed E-state index contributed by atoms with van der Waals surface area (Å²) < 4.78 is 11.2. The van der Waals surface area contributed by atoms with E-state index in [1.165, 1.54) is 6.08 Å². The minimum atomic E-state index is -0.280. The number of benzene rings is 2. The molecule has 1 aliphatic heterocycles. The lowest BCUT2D eigenvalue weighted by Crippen LogP contribution is -2.08. The second kappa shape index (κ2) is 7.34. The maximum atomic E-state index is 12.1. The molecule has 5 nitrogen and oxygen atoms in total. The molecule has 1 amide bonds. The second-order valence-corrected chi connectivity index (χ2v) is 5.23. The number of hydrogen-bond donors (Lipinski definition) is 1. The van der Waals surface area contributed by atoms with Crippen LogP contribution in [0, 0.1) is 11.3 Å². The lowest BCUT2D eigenvalue weighted by atomic mass is 10.1. The van der Waals surface area contributed by atoms with Gasteiger partial charge in [-0.05, 0) is 29.8 Å². The van der Waals surface area contributed by atoms with Crippen LogP contribution in [-0.4, -0.2) is 19.1 Å². The Morgan fingerprint density at radius 3 is 2.75 bits per heavy atom. The van der Waals surface area contributed by atoms with Crippen molar-refractivity contribution in [2.24, 2.45) is 0 Å². The molecule has 0 aromatic heterocycles. The van der Waals surface area contributed by atoms with Crippen LogP contribution in [-0.2, 0) is 4.79 Å². The summed E-state index contributed by atoms with van der Waals surface area (Å²) in [6.45, 7) is 1.22. The van der Waals surface area contributed by atoms with Gasteiger partial charge in [-0.3, -0.25) is 4.79 Å². The maximum absolute atomic E-state index is 12.1. The molecule has 1 heterocycles. The van der Waals surface area contributed by atoms with E-state index in [1.54, 1.807) is 42.5 Å². The molecular weight excluding hydrogens is 304 g/mol. The average Bonchev–Trinajstić information content (AvgIpc) is 2.85. The van der Waals surface area contributed by atoms with E-state index < -0.39 is 0 Å². The molecule has 0 bridgehead atoms. The number of carbonyl (C=O) groups excluding carboxylic acids is 1. The smallest absolute Gasteiger partial charge is 0.248 e. The van der Waals surface area contributed by atoms with Crippen molar-refractivity contribution in [3.05, 3.63) is 59.7 Å². The molecule has 0 atom stereocenters. The van der Waals surface area contributed by atoms with E-state index in [9.17, 15) is 4.79 Å². The van der Waals surface area contributed by atoms with Crippen molar-refractivity contribution >= 4 is 17.7 Å². The van der Waals surface area contributed by atoms with Gasteiger partial charge in [-0.25, -0.2) is 0 Å². The standard InChI is InChI=1S/C19H16N2O3/c20-13-15-5-2-1-4-14(15)6-9-19(22)21-16-7-8-17-18(12-16)24-11-3-10-23-17/h1-2,4-9,12H,3,10-11H2,(H,21,22)/b9-6+. The molecule has 0 saturated heterocycles. The first-order valence-corrected chi connectivity index (χ1v) is 7.64. The number of rotatable bonds is 3. The van der Waals surface area contributed by atoms with Gasteiger partial charge in [0.15, 0.2) is 11.5 Å². The van der Waals surface area contributed by atoms with Crippen molar-refractivity contribution in [1.82, 2.24) is 0 Å². The first-order valence-electron chi connectivity index (χ1n) is 7.64. The number of hydrogen-bond acceptors (Lipinski definition) is 4. The van der Waals surface area contributed by atoms with Crippen molar-refractivity contribution in [2.45, 2.75) is 6.42 Å². The van der Waals surface area contributed by atoms with E-state index in [0.717, 1.165) is 6.42 Å².